The Morgan fingerprint density at radius 2 is 1.97 bits per heavy atom. The number of fused-ring (bicyclic) bond motifs is 1. The van der Waals surface area contributed by atoms with Gasteiger partial charge in [-0.2, -0.15) is 0 Å². The third-order valence-electron chi connectivity index (χ3n) is 5.22. The Bertz CT molecular complexity index is 1150. The van der Waals surface area contributed by atoms with E-state index in [-0.39, 0.29) is 24.3 Å². The average molecular weight is 416 g/mol. The van der Waals surface area contributed by atoms with Gasteiger partial charge in [0.2, 0.25) is 0 Å². The lowest BCUT2D eigenvalue weighted by atomic mass is 10.0. The SMILES string of the molecule is CC(C)c1ncc(/C=C2\C(=O)Nc3ccc(C(=O)N[C@H](CO)c4ccccc4)cc32)[nH]1. The number of aliphatic hydroxyl groups is 1. The number of carbonyl (C=O) groups is 2. The van der Waals surface area contributed by atoms with Gasteiger partial charge in [-0.15, -0.1) is 0 Å². The van der Waals surface area contributed by atoms with E-state index in [1.807, 2.05) is 44.2 Å². The predicted molar refractivity (Wildman–Crippen MR) is 119 cm³/mol. The molecule has 0 spiro atoms. The van der Waals surface area contributed by atoms with Crippen LogP contribution < -0.4 is 10.6 Å². The zero-order valence-corrected chi connectivity index (χ0v) is 17.3. The largest absolute Gasteiger partial charge is 0.394 e. The number of nitrogens with one attached hydrogen (secondary N) is 3. The first-order valence-corrected chi connectivity index (χ1v) is 10.1. The monoisotopic (exact) mass is 416 g/mol. The summed E-state index contributed by atoms with van der Waals surface area (Å²) in [4.78, 5) is 32.9. The van der Waals surface area contributed by atoms with Crippen molar-refractivity contribution < 1.29 is 14.7 Å². The highest BCUT2D eigenvalue weighted by molar-refractivity contribution is 6.35. The second-order valence-corrected chi connectivity index (χ2v) is 7.77. The van der Waals surface area contributed by atoms with Gasteiger partial charge in [-0.1, -0.05) is 44.2 Å². The van der Waals surface area contributed by atoms with Gasteiger partial charge in [0.15, 0.2) is 0 Å². The number of aliphatic hydroxyl groups excluding tert-OH is 1. The van der Waals surface area contributed by atoms with Crippen LogP contribution in [0.25, 0.3) is 11.6 Å². The molecule has 7 heteroatoms. The third kappa shape index (κ3) is 4.27. The molecule has 7 nitrogen and oxygen atoms in total. The van der Waals surface area contributed by atoms with Crippen molar-refractivity contribution in [1.82, 2.24) is 15.3 Å². The molecule has 2 heterocycles. The zero-order valence-electron chi connectivity index (χ0n) is 17.3. The lowest BCUT2D eigenvalue weighted by molar-refractivity contribution is -0.110. The number of anilines is 1. The number of rotatable bonds is 6. The summed E-state index contributed by atoms with van der Waals surface area (Å²) in [6.45, 7) is 3.85. The first-order chi connectivity index (χ1) is 15.0. The molecule has 1 aliphatic rings. The van der Waals surface area contributed by atoms with E-state index >= 15 is 0 Å². The number of aromatic amines is 1. The quantitative estimate of drug-likeness (QED) is 0.462. The fraction of sp³-hybridized carbons (Fsp3) is 0.208. The van der Waals surface area contributed by atoms with E-state index in [0.717, 1.165) is 17.1 Å². The molecule has 0 fully saturated rings. The van der Waals surface area contributed by atoms with Crippen LogP contribution in [0, 0.1) is 0 Å². The summed E-state index contributed by atoms with van der Waals surface area (Å²) < 4.78 is 0. The van der Waals surface area contributed by atoms with Gasteiger partial charge in [0, 0.05) is 22.7 Å². The Kier molecular flexibility index (Phi) is 5.68. The lowest BCUT2D eigenvalue weighted by Crippen LogP contribution is -2.30. The molecule has 1 aromatic heterocycles. The van der Waals surface area contributed by atoms with Crippen LogP contribution in [-0.2, 0) is 4.79 Å². The van der Waals surface area contributed by atoms with Gasteiger partial charge >= 0.3 is 0 Å². The van der Waals surface area contributed by atoms with Crippen molar-refractivity contribution in [1.29, 1.82) is 0 Å². The molecule has 2 amide bonds. The number of imidazole rings is 1. The van der Waals surface area contributed by atoms with E-state index in [1.165, 1.54) is 0 Å². The molecular weight excluding hydrogens is 392 g/mol. The van der Waals surface area contributed by atoms with Gasteiger partial charge in [-0.3, -0.25) is 9.59 Å². The van der Waals surface area contributed by atoms with Crippen LogP contribution in [0.4, 0.5) is 5.69 Å². The summed E-state index contributed by atoms with van der Waals surface area (Å²) >= 11 is 0. The Hall–Kier alpha value is -3.71. The van der Waals surface area contributed by atoms with E-state index in [4.69, 9.17) is 0 Å². The van der Waals surface area contributed by atoms with E-state index in [0.29, 0.717) is 22.4 Å². The molecule has 0 aliphatic carbocycles. The number of benzene rings is 2. The number of nitrogens with zero attached hydrogens (tertiary/aromatic N) is 1. The summed E-state index contributed by atoms with van der Waals surface area (Å²) in [7, 11) is 0. The summed E-state index contributed by atoms with van der Waals surface area (Å²) in [6.07, 6.45) is 3.43. The molecule has 4 N–H and O–H groups in total. The summed E-state index contributed by atoms with van der Waals surface area (Å²) in [5.41, 5.74) is 3.71. The van der Waals surface area contributed by atoms with Gasteiger partial charge < -0.3 is 20.7 Å². The Morgan fingerprint density at radius 1 is 1.19 bits per heavy atom. The summed E-state index contributed by atoms with van der Waals surface area (Å²) in [5, 5.41) is 15.4. The molecule has 2 aromatic carbocycles. The maximum Gasteiger partial charge on any atom is 0.256 e. The van der Waals surface area contributed by atoms with Gasteiger partial charge in [0.1, 0.15) is 5.82 Å². The molecule has 0 bridgehead atoms. The second kappa shape index (κ2) is 8.57. The number of amides is 2. The molecule has 158 valence electrons. The van der Waals surface area contributed by atoms with E-state index in [9.17, 15) is 14.7 Å². The van der Waals surface area contributed by atoms with Crippen LogP contribution in [0.15, 0.2) is 54.7 Å². The molecule has 4 rings (SSSR count). The van der Waals surface area contributed by atoms with Crippen LogP contribution in [0.5, 0.6) is 0 Å². The van der Waals surface area contributed by atoms with Crippen molar-refractivity contribution in [2.24, 2.45) is 0 Å². The molecule has 0 saturated carbocycles. The van der Waals surface area contributed by atoms with Crippen molar-refractivity contribution in [3.63, 3.8) is 0 Å². The van der Waals surface area contributed by atoms with Crippen LogP contribution in [0.3, 0.4) is 0 Å². The third-order valence-corrected chi connectivity index (χ3v) is 5.22. The molecule has 0 saturated heterocycles. The second-order valence-electron chi connectivity index (χ2n) is 7.77. The number of H-pyrrole nitrogens is 1. The number of hydrogen-bond acceptors (Lipinski definition) is 4. The minimum absolute atomic E-state index is 0.218. The van der Waals surface area contributed by atoms with Crippen molar-refractivity contribution in [3.05, 3.63) is 82.9 Å². The number of carbonyl (C=O) groups excluding carboxylic acids is 2. The molecule has 1 aliphatic heterocycles. The average Bonchev–Trinajstić information content (AvgIpc) is 3.37. The lowest BCUT2D eigenvalue weighted by Gasteiger charge is -2.17. The minimum atomic E-state index is -0.517. The van der Waals surface area contributed by atoms with Crippen molar-refractivity contribution in [2.75, 3.05) is 11.9 Å². The minimum Gasteiger partial charge on any atom is -0.394 e. The maximum absolute atomic E-state index is 12.8. The molecule has 3 aromatic rings. The highest BCUT2D eigenvalue weighted by Crippen LogP contribution is 2.34. The zero-order chi connectivity index (χ0) is 22.0. The molecule has 0 radical (unpaired) electrons. The number of hydrogen-bond donors (Lipinski definition) is 4. The van der Waals surface area contributed by atoms with Gasteiger partial charge in [-0.05, 0) is 29.8 Å². The van der Waals surface area contributed by atoms with Crippen LogP contribution in [0.1, 0.15) is 58.8 Å². The standard InChI is InChI=1S/C24H24N4O3/c1-14(2)22-25-12-17(26-22)11-19-18-10-16(8-9-20(18)27-24(19)31)23(30)28-21(13-29)15-6-4-3-5-7-15/h3-12,14,21,29H,13H2,1-2H3,(H,25,26)(H,27,31)(H,28,30)/b19-11-/t21-/m1/s1. The molecular formula is C24H24N4O3. The van der Waals surface area contributed by atoms with E-state index in [2.05, 4.69) is 20.6 Å². The highest BCUT2D eigenvalue weighted by Gasteiger charge is 2.26. The van der Waals surface area contributed by atoms with Crippen LogP contribution in [-0.4, -0.2) is 33.5 Å². The Balaban J connectivity index is 1.61. The predicted octanol–water partition coefficient (Wildman–Crippen LogP) is 3.49. The fourth-order valence-electron chi connectivity index (χ4n) is 3.51. The van der Waals surface area contributed by atoms with Gasteiger partial charge in [-0.25, -0.2) is 4.98 Å². The first-order valence-electron chi connectivity index (χ1n) is 10.1. The van der Waals surface area contributed by atoms with Crippen molar-refractivity contribution >= 4 is 29.2 Å². The molecule has 31 heavy (non-hydrogen) atoms. The van der Waals surface area contributed by atoms with Gasteiger partial charge in [0.05, 0.1) is 30.1 Å². The number of aromatic nitrogens is 2. The first kappa shape index (κ1) is 20.6. The summed E-state index contributed by atoms with van der Waals surface area (Å²) in [6, 6.07) is 13.8. The highest BCUT2D eigenvalue weighted by atomic mass is 16.3. The topological polar surface area (TPSA) is 107 Å². The van der Waals surface area contributed by atoms with Crippen LogP contribution in [0.2, 0.25) is 0 Å². The van der Waals surface area contributed by atoms with Crippen LogP contribution >= 0.6 is 0 Å². The normalized spacial score (nSPS) is 15.1. The van der Waals surface area contributed by atoms with Crippen molar-refractivity contribution in [2.45, 2.75) is 25.8 Å². The maximum atomic E-state index is 12.8. The molecule has 1 atom stereocenters. The molecule has 0 unspecified atom stereocenters. The van der Waals surface area contributed by atoms with Crippen molar-refractivity contribution in [3.8, 4) is 0 Å². The summed E-state index contributed by atoms with van der Waals surface area (Å²) in [5.74, 6) is 0.532. The van der Waals surface area contributed by atoms with E-state index in [1.54, 1.807) is 30.5 Å². The Morgan fingerprint density at radius 3 is 2.65 bits per heavy atom. The van der Waals surface area contributed by atoms with E-state index < -0.39 is 6.04 Å². The Labute approximate surface area is 180 Å². The van der Waals surface area contributed by atoms with Gasteiger partial charge in [0.25, 0.3) is 11.8 Å². The fourth-order valence-corrected chi connectivity index (χ4v) is 3.51. The smallest absolute Gasteiger partial charge is 0.256 e.